The fraction of sp³-hybridized carbons (Fsp3) is 0.500. The third-order valence-electron chi connectivity index (χ3n) is 1.18. The normalized spacial score (nSPS) is 16.6. The molecule has 0 N–H and O–H groups in total. The second kappa shape index (κ2) is 2.72. The third kappa shape index (κ3) is 1.74. The summed E-state index contributed by atoms with van der Waals surface area (Å²) in [6, 6.07) is 0. The summed E-state index contributed by atoms with van der Waals surface area (Å²) in [4.78, 5) is 10.5. The molecular weight excluding hydrogens is 128 g/mol. The Bertz CT molecular complexity index is 215. The van der Waals surface area contributed by atoms with E-state index in [0.717, 1.165) is 5.57 Å². The first-order valence-corrected chi connectivity index (χ1v) is 3.32. The zero-order valence-electron chi connectivity index (χ0n) is 6.23. The van der Waals surface area contributed by atoms with Crippen LogP contribution < -0.4 is 0 Å². The zero-order valence-corrected chi connectivity index (χ0v) is 6.23. The van der Waals surface area contributed by atoms with Gasteiger partial charge in [-0.05, 0) is 19.4 Å². The molecule has 0 unspecified atom stereocenters. The molecular formula is C8H10O2. The number of hydrogen-bond acceptors (Lipinski definition) is 2. The Morgan fingerprint density at radius 1 is 1.50 bits per heavy atom. The van der Waals surface area contributed by atoms with Gasteiger partial charge in [0.2, 0.25) is 0 Å². The van der Waals surface area contributed by atoms with E-state index in [1.807, 2.05) is 13.8 Å². The molecule has 1 aliphatic rings. The number of hydrogen-bond donors (Lipinski definition) is 0. The number of allylic oxidation sites excluding steroid dienone is 1. The van der Waals surface area contributed by atoms with Gasteiger partial charge in [-0.3, -0.25) is 4.79 Å². The molecule has 1 heterocycles. The summed E-state index contributed by atoms with van der Waals surface area (Å²) in [5.74, 6) is 0.550. The molecule has 2 heteroatoms. The topological polar surface area (TPSA) is 26.3 Å². The Morgan fingerprint density at radius 2 is 2.20 bits per heavy atom. The van der Waals surface area contributed by atoms with Gasteiger partial charge in [-0.1, -0.05) is 5.73 Å². The molecule has 2 nitrogen and oxygen atoms in total. The van der Waals surface area contributed by atoms with Gasteiger partial charge < -0.3 is 4.74 Å². The summed E-state index contributed by atoms with van der Waals surface area (Å²) in [6.45, 7) is 3.86. The van der Waals surface area contributed by atoms with Crippen molar-refractivity contribution in [3.05, 3.63) is 17.1 Å². The van der Waals surface area contributed by atoms with Crippen molar-refractivity contribution >= 4 is 5.97 Å². The Morgan fingerprint density at radius 3 is 2.60 bits per heavy atom. The molecule has 0 saturated carbocycles. The quantitative estimate of drug-likeness (QED) is 0.376. The van der Waals surface area contributed by atoms with E-state index < -0.39 is 0 Å². The van der Waals surface area contributed by atoms with E-state index in [9.17, 15) is 4.79 Å². The molecule has 1 rings (SSSR count). The first-order valence-electron chi connectivity index (χ1n) is 3.32. The highest BCUT2D eigenvalue weighted by Gasteiger charge is 2.15. The van der Waals surface area contributed by atoms with Gasteiger partial charge in [0.1, 0.15) is 0 Å². The van der Waals surface area contributed by atoms with Crippen LogP contribution in [0, 0.1) is 0 Å². The van der Waals surface area contributed by atoms with Gasteiger partial charge in [0, 0.05) is 6.42 Å². The van der Waals surface area contributed by atoms with E-state index in [4.69, 9.17) is 4.74 Å². The maximum absolute atomic E-state index is 10.5. The number of carbonyl (C=O) groups is 1. The van der Waals surface area contributed by atoms with Gasteiger partial charge in [-0.2, -0.15) is 0 Å². The fourth-order valence-corrected chi connectivity index (χ4v) is 0.822. The maximum Gasteiger partial charge on any atom is 0.311 e. The number of rotatable bonds is 0. The summed E-state index contributed by atoms with van der Waals surface area (Å²) in [5, 5.41) is 0. The van der Waals surface area contributed by atoms with Gasteiger partial charge in [-0.15, -0.1) is 0 Å². The molecule has 54 valence electrons. The molecule has 0 amide bonds. The zero-order chi connectivity index (χ0) is 7.56. The molecule has 1 saturated heterocycles. The molecule has 10 heavy (non-hydrogen) atoms. The van der Waals surface area contributed by atoms with Crippen LogP contribution >= 0.6 is 0 Å². The van der Waals surface area contributed by atoms with Gasteiger partial charge >= 0.3 is 5.97 Å². The summed E-state index contributed by atoms with van der Waals surface area (Å²) < 4.78 is 4.82. The summed E-state index contributed by atoms with van der Waals surface area (Å²) in [6.07, 6.45) is 1.22. The highest BCUT2D eigenvalue weighted by atomic mass is 16.5. The van der Waals surface area contributed by atoms with Crippen molar-refractivity contribution in [1.29, 1.82) is 0 Å². The number of cyclic esters (lactones) is 1. The van der Waals surface area contributed by atoms with Crippen LogP contribution in [0.4, 0.5) is 0 Å². The maximum atomic E-state index is 10.5. The van der Waals surface area contributed by atoms with Gasteiger partial charge in [0.25, 0.3) is 0 Å². The minimum Gasteiger partial charge on any atom is -0.422 e. The molecule has 0 bridgehead atoms. The van der Waals surface area contributed by atoms with Gasteiger partial charge in [0.15, 0.2) is 5.76 Å². The van der Waals surface area contributed by atoms with E-state index in [1.165, 1.54) is 0 Å². The highest BCUT2D eigenvalue weighted by Crippen LogP contribution is 2.16. The van der Waals surface area contributed by atoms with Gasteiger partial charge in [-0.25, -0.2) is 0 Å². The summed E-state index contributed by atoms with van der Waals surface area (Å²) >= 11 is 0. The van der Waals surface area contributed by atoms with Crippen LogP contribution in [0.2, 0.25) is 0 Å². The van der Waals surface area contributed by atoms with E-state index in [1.54, 1.807) is 0 Å². The van der Waals surface area contributed by atoms with E-state index in [0.29, 0.717) is 18.6 Å². The summed E-state index contributed by atoms with van der Waals surface area (Å²) in [7, 11) is 0. The monoisotopic (exact) mass is 138 g/mol. The average molecular weight is 138 g/mol. The van der Waals surface area contributed by atoms with Gasteiger partial charge in [0.05, 0.1) is 6.42 Å². The van der Waals surface area contributed by atoms with Crippen LogP contribution in [0.15, 0.2) is 17.1 Å². The Labute approximate surface area is 60.2 Å². The minimum absolute atomic E-state index is 0.135. The second-order valence-corrected chi connectivity index (χ2v) is 2.52. The standard InChI is InChI=1S/C8H10O2/c1-6(2)5-7-3-4-8(9)10-7/h3-4H2,1-2H3. The molecule has 0 radical (unpaired) electrons. The second-order valence-electron chi connectivity index (χ2n) is 2.52. The van der Waals surface area contributed by atoms with Crippen LogP contribution in [-0.2, 0) is 9.53 Å². The predicted octanol–water partition coefficient (Wildman–Crippen LogP) is 1.77. The van der Waals surface area contributed by atoms with Crippen molar-refractivity contribution in [3.63, 3.8) is 0 Å². The highest BCUT2D eigenvalue weighted by molar-refractivity contribution is 5.73. The first-order chi connectivity index (χ1) is 4.68. The van der Waals surface area contributed by atoms with E-state index in [-0.39, 0.29) is 5.97 Å². The van der Waals surface area contributed by atoms with Crippen LogP contribution in [-0.4, -0.2) is 5.97 Å². The lowest BCUT2D eigenvalue weighted by atomic mass is 10.3. The minimum atomic E-state index is -0.135. The summed E-state index contributed by atoms with van der Waals surface area (Å²) in [5.41, 5.74) is 4.01. The van der Waals surface area contributed by atoms with E-state index in [2.05, 4.69) is 5.73 Å². The lowest BCUT2D eigenvalue weighted by Gasteiger charge is -1.88. The van der Waals surface area contributed by atoms with Crippen molar-refractivity contribution in [1.82, 2.24) is 0 Å². The van der Waals surface area contributed by atoms with Crippen molar-refractivity contribution < 1.29 is 9.53 Å². The molecule has 0 aromatic rings. The SMILES string of the molecule is CC(C)=C=C1CCC(=O)O1. The van der Waals surface area contributed by atoms with Crippen molar-refractivity contribution in [2.45, 2.75) is 26.7 Å². The van der Waals surface area contributed by atoms with Crippen molar-refractivity contribution in [2.75, 3.05) is 0 Å². The van der Waals surface area contributed by atoms with Crippen LogP contribution in [0.25, 0.3) is 0 Å². The van der Waals surface area contributed by atoms with Crippen molar-refractivity contribution in [2.24, 2.45) is 0 Å². The average Bonchev–Trinajstić information content (AvgIpc) is 2.13. The molecule has 0 spiro atoms. The molecule has 0 aromatic carbocycles. The Kier molecular flexibility index (Phi) is 1.93. The largest absolute Gasteiger partial charge is 0.422 e. The smallest absolute Gasteiger partial charge is 0.311 e. The van der Waals surface area contributed by atoms with Crippen LogP contribution in [0.5, 0.6) is 0 Å². The lowest BCUT2D eigenvalue weighted by Crippen LogP contribution is -1.88. The van der Waals surface area contributed by atoms with Crippen LogP contribution in [0.3, 0.4) is 0 Å². The third-order valence-corrected chi connectivity index (χ3v) is 1.18. The number of esters is 1. The molecule has 0 atom stereocenters. The molecule has 1 fully saturated rings. The van der Waals surface area contributed by atoms with Crippen LogP contribution in [0.1, 0.15) is 26.7 Å². The molecule has 1 aliphatic heterocycles. The lowest BCUT2D eigenvalue weighted by molar-refractivity contribution is -0.135. The molecule has 0 aliphatic carbocycles. The first kappa shape index (κ1) is 7.10. The Balaban J connectivity index is 2.78. The van der Waals surface area contributed by atoms with Crippen molar-refractivity contribution in [3.8, 4) is 0 Å². The fourth-order valence-electron chi connectivity index (χ4n) is 0.822. The Hall–Kier alpha value is -1.01. The number of ether oxygens (including phenoxy) is 1. The number of carbonyl (C=O) groups excluding carboxylic acids is 1. The molecule has 0 aromatic heterocycles. The predicted molar refractivity (Wildman–Crippen MR) is 37.2 cm³/mol. The van der Waals surface area contributed by atoms with E-state index >= 15 is 0 Å².